The number of halogens is 4. The Balaban J connectivity index is 1.92. The second-order valence-electron chi connectivity index (χ2n) is 8.11. The van der Waals surface area contributed by atoms with Crippen molar-refractivity contribution in [3.63, 3.8) is 0 Å². The van der Waals surface area contributed by atoms with Crippen molar-refractivity contribution in [3.8, 4) is 17.3 Å². The first-order chi connectivity index (χ1) is 16.1. The molecule has 0 spiro atoms. The van der Waals surface area contributed by atoms with Gasteiger partial charge < -0.3 is 20.5 Å². The zero-order valence-electron chi connectivity index (χ0n) is 18.2. The van der Waals surface area contributed by atoms with Crippen LogP contribution in [0.4, 0.5) is 29.2 Å². The minimum Gasteiger partial charge on any atom is -0.327 e. The molecule has 1 aliphatic heterocycles. The second kappa shape index (κ2) is 8.42. The molecule has 0 bridgehead atoms. The van der Waals surface area contributed by atoms with Crippen LogP contribution in [-0.2, 0) is 16.9 Å². The van der Waals surface area contributed by atoms with E-state index in [0.717, 1.165) is 18.2 Å². The molecule has 0 unspecified atom stereocenters. The van der Waals surface area contributed by atoms with Gasteiger partial charge in [-0.3, -0.25) is 4.79 Å². The molecule has 176 valence electrons. The van der Waals surface area contributed by atoms with Gasteiger partial charge in [-0.05, 0) is 38.1 Å². The Morgan fingerprint density at radius 1 is 1.15 bits per heavy atom. The molecule has 12 heteroatoms. The van der Waals surface area contributed by atoms with Gasteiger partial charge >= 0.3 is 0 Å². The molecule has 0 radical (unpaired) electrons. The Morgan fingerprint density at radius 2 is 1.82 bits per heavy atom. The summed E-state index contributed by atoms with van der Waals surface area (Å²) < 4.78 is 57.1. The van der Waals surface area contributed by atoms with Gasteiger partial charge in [-0.1, -0.05) is 0 Å². The standard InChI is InChI=1S/C22H19F4N7O/c1-22(2)21-31-19(11-7-13(24)18(26)14(25)8-11)20(32(21)5-6-33(22)17(34)10-28)30-16-4-3-12(23)15(9-27)29-16/h3-4,7-8H,5-6,10,28H2,1-2H3,(H,29,30). The monoisotopic (exact) mass is 473 g/mol. The first kappa shape index (κ1) is 23.2. The van der Waals surface area contributed by atoms with Crippen molar-refractivity contribution in [1.29, 1.82) is 5.26 Å². The van der Waals surface area contributed by atoms with Crippen molar-refractivity contribution in [1.82, 2.24) is 19.4 Å². The number of hydrogen-bond donors (Lipinski definition) is 2. The minimum absolute atomic E-state index is 0.0487. The number of carbonyl (C=O) groups is 1. The average Bonchev–Trinajstić information content (AvgIpc) is 3.17. The van der Waals surface area contributed by atoms with Crippen molar-refractivity contribution < 1.29 is 22.4 Å². The topological polar surface area (TPSA) is 113 Å². The number of nitrogens with zero attached hydrogens (tertiary/aromatic N) is 5. The lowest BCUT2D eigenvalue weighted by atomic mass is 9.99. The van der Waals surface area contributed by atoms with E-state index in [0.29, 0.717) is 5.82 Å². The number of fused-ring (bicyclic) bond motifs is 1. The van der Waals surface area contributed by atoms with Gasteiger partial charge in [0.2, 0.25) is 5.91 Å². The largest absolute Gasteiger partial charge is 0.327 e. The number of pyridine rings is 1. The van der Waals surface area contributed by atoms with Gasteiger partial charge in [-0.2, -0.15) is 5.26 Å². The van der Waals surface area contributed by atoms with Crippen molar-refractivity contribution in [3.05, 3.63) is 59.1 Å². The Hall–Kier alpha value is -3.98. The molecule has 0 saturated heterocycles. The fraction of sp³-hybridized carbons (Fsp3) is 0.273. The fourth-order valence-corrected chi connectivity index (χ4v) is 4.02. The highest BCUT2D eigenvalue weighted by atomic mass is 19.2. The number of imidazole rings is 1. The summed E-state index contributed by atoms with van der Waals surface area (Å²) in [6.07, 6.45) is 0. The Kier molecular flexibility index (Phi) is 5.74. The highest BCUT2D eigenvalue weighted by molar-refractivity contribution is 5.80. The van der Waals surface area contributed by atoms with Crippen LogP contribution in [0.15, 0.2) is 24.3 Å². The summed E-state index contributed by atoms with van der Waals surface area (Å²) in [7, 11) is 0. The number of nitrogens with two attached hydrogens (primary N) is 1. The van der Waals surface area contributed by atoms with E-state index in [1.807, 2.05) is 0 Å². The summed E-state index contributed by atoms with van der Waals surface area (Å²) in [6, 6.07) is 5.56. The van der Waals surface area contributed by atoms with Crippen LogP contribution in [0.25, 0.3) is 11.3 Å². The van der Waals surface area contributed by atoms with Crippen LogP contribution in [0.3, 0.4) is 0 Å². The van der Waals surface area contributed by atoms with Gasteiger partial charge in [0.25, 0.3) is 0 Å². The number of hydrogen-bond acceptors (Lipinski definition) is 6. The third-order valence-electron chi connectivity index (χ3n) is 5.67. The molecule has 1 aromatic carbocycles. The summed E-state index contributed by atoms with van der Waals surface area (Å²) in [5.74, 6) is -4.90. The minimum atomic E-state index is -1.62. The first-order valence-electron chi connectivity index (χ1n) is 10.2. The molecular formula is C22H19F4N7O. The third-order valence-corrected chi connectivity index (χ3v) is 5.67. The van der Waals surface area contributed by atoms with Crippen LogP contribution in [0, 0.1) is 34.6 Å². The summed E-state index contributed by atoms with van der Waals surface area (Å²) in [5, 5.41) is 12.0. The van der Waals surface area contributed by atoms with Crippen LogP contribution in [0.1, 0.15) is 25.4 Å². The summed E-state index contributed by atoms with van der Waals surface area (Å²) in [4.78, 5) is 22.4. The molecule has 0 saturated carbocycles. The van der Waals surface area contributed by atoms with E-state index in [1.165, 1.54) is 6.07 Å². The number of amides is 1. The van der Waals surface area contributed by atoms with Gasteiger partial charge in [0.05, 0.1) is 12.1 Å². The molecule has 4 rings (SSSR count). The third kappa shape index (κ3) is 3.73. The number of anilines is 2. The van der Waals surface area contributed by atoms with Crippen molar-refractivity contribution in [2.24, 2.45) is 5.73 Å². The molecule has 8 nitrogen and oxygen atoms in total. The molecule has 34 heavy (non-hydrogen) atoms. The van der Waals surface area contributed by atoms with E-state index in [-0.39, 0.29) is 48.4 Å². The van der Waals surface area contributed by atoms with E-state index >= 15 is 0 Å². The number of nitrogens with one attached hydrogen (secondary N) is 1. The van der Waals surface area contributed by atoms with Gasteiger partial charge in [0, 0.05) is 18.7 Å². The van der Waals surface area contributed by atoms with E-state index in [1.54, 1.807) is 29.4 Å². The molecule has 0 aliphatic carbocycles. The second-order valence-corrected chi connectivity index (χ2v) is 8.11. The molecule has 0 fully saturated rings. The molecule has 3 heterocycles. The Labute approximate surface area is 191 Å². The molecule has 2 aromatic heterocycles. The van der Waals surface area contributed by atoms with E-state index < -0.39 is 34.5 Å². The van der Waals surface area contributed by atoms with Gasteiger partial charge in [-0.15, -0.1) is 0 Å². The maximum Gasteiger partial charge on any atom is 0.237 e. The Morgan fingerprint density at radius 3 is 2.44 bits per heavy atom. The molecular weight excluding hydrogens is 454 g/mol. The first-order valence-corrected chi connectivity index (χ1v) is 10.2. The lowest BCUT2D eigenvalue weighted by Gasteiger charge is -2.42. The number of benzene rings is 1. The molecule has 0 atom stereocenters. The highest BCUT2D eigenvalue weighted by Gasteiger charge is 2.41. The maximum absolute atomic E-state index is 14.0. The summed E-state index contributed by atoms with van der Waals surface area (Å²) in [6.45, 7) is 3.75. The van der Waals surface area contributed by atoms with Crippen LogP contribution in [0.5, 0.6) is 0 Å². The molecule has 3 N–H and O–H groups in total. The zero-order valence-corrected chi connectivity index (χ0v) is 18.2. The average molecular weight is 473 g/mol. The number of aromatic nitrogens is 3. The number of nitriles is 1. The van der Waals surface area contributed by atoms with Crippen molar-refractivity contribution >= 4 is 17.5 Å². The van der Waals surface area contributed by atoms with Gasteiger partial charge in [0.1, 0.15) is 29.2 Å². The van der Waals surface area contributed by atoms with Crippen LogP contribution in [-0.4, -0.2) is 38.4 Å². The number of carbonyl (C=O) groups excluding carboxylic acids is 1. The van der Waals surface area contributed by atoms with Crippen LogP contribution in [0.2, 0.25) is 0 Å². The van der Waals surface area contributed by atoms with E-state index in [4.69, 9.17) is 11.0 Å². The van der Waals surface area contributed by atoms with Crippen molar-refractivity contribution in [2.45, 2.75) is 25.9 Å². The number of rotatable bonds is 4. The van der Waals surface area contributed by atoms with E-state index in [9.17, 15) is 22.4 Å². The predicted molar refractivity (Wildman–Crippen MR) is 114 cm³/mol. The molecule has 1 aliphatic rings. The highest BCUT2D eigenvalue weighted by Crippen LogP contribution is 2.40. The quantitative estimate of drug-likeness (QED) is 0.445. The normalized spacial score (nSPS) is 14.5. The lowest BCUT2D eigenvalue weighted by Crippen LogP contribution is -2.53. The molecule has 3 aromatic rings. The van der Waals surface area contributed by atoms with Gasteiger partial charge in [0.15, 0.2) is 29.0 Å². The van der Waals surface area contributed by atoms with Gasteiger partial charge in [-0.25, -0.2) is 27.5 Å². The SMILES string of the molecule is CC1(C)c2nc(-c3cc(F)c(F)c(F)c3)c(Nc3ccc(F)c(C#N)n3)n2CCN1C(=O)CN. The molecule has 1 amide bonds. The smallest absolute Gasteiger partial charge is 0.237 e. The van der Waals surface area contributed by atoms with Crippen LogP contribution < -0.4 is 11.1 Å². The summed E-state index contributed by atoms with van der Waals surface area (Å²) >= 11 is 0. The Bertz CT molecular complexity index is 1320. The maximum atomic E-state index is 14.0. The van der Waals surface area contributed by atoms with Crippen LogP contribution >= 0.6 is 0 Å². The van der Waals surface area contributed by atoms with Crippen molar-refractivity contribution in [2.75, 3.05) is 18.4 Å². The zero-order chi connectivity index (χ0) is 24.8. The predicted octanol–water partition coefficient (Wildman–Crippen LogP) is 3.15. The van der Waals surface area contributed by atoms with E-state index in [2.05, 4.69) is 15.3 Å². The fourth-order valence-electron chi connectivity index (χ4n) is 4.02. The lowest BCUT2D eigenvalue weighted by molar-refractivity contribution is -0.137. The summed E-state index contributed by atoms with van der Waals surface area (Å²) in [5.41, 5.74) is 4.10.